The van der Waals surface area contributed by atoms with E-state index < -0.39 is 5.41 Å². The molecule has 3 aromatic heterocycles. The van der Waals surface area contributed by atoms with Gasteiger partial charge in [0.15, 0.2) is 0 Å². The Morgan fingerprint density at radius 2 is 2.10 bits per heavy atom. The predicted molar refractivity (Wildman–Crippen MR) is 115 cm³/mol. The second-order valence-electron chi connectivity index (χ2n) is 8.49. The molecule has 1 aliphatic heterocycles. The fourth-order valence-corrected chi connectivity index (χ4v) is 4.76. The zero-order valence-corrected chi connectivity index (χ0v) is 17.4. The summed E-state index contributed by atoms with van der Waals surface area (Å²) in [5, 5.41) is 17.1. The maximum atomic E-state index is 13.4. The summed E-state index contributed by atoms with van der Waals surface area (Å²) in [5.74, 6) is -0.134. The van der Waals surface area contributed by atoms with Crippen LogP contribution in [0.1, 0.15) is 26.7 Å². The van der Waals surface area contributed by atoms with Crippen molar-refractivity contribution in [3.05, 3.63) is 43.0 Å². The van der Waals surface area contributed by atoms with Gasteiger partial charge in [-0.05, 0) is 37.0 Å². The van der Waals surface area contributed by atoms with E-state index >= 15 is 0 Å². The Bertz CT molecular complexity index is 1250. The fraction of sp³-hybridized carbons (Fsp3) is 0.348. The van der Waals surface area contributed by atoms with Gasteiger partial charge < -0.3 is 10.2 Å². The van der Waals surface area contributed by atoms with Crippen molar-refractivity contribution in [3.8, 4) is 17.2 Å². The summed E-state index contributed by atoms with van der Waals surface area (Å²) in [6.07, 6.45) is 8.73. The third-order valence-corrected chi connectivity index (χ3v) is 6.41. The quantitative estimate of drug-likeness (QED) is 0.706. The molecule has 1 N–H and O–H groups in total. The fourth-order valence-electron chi connectivity index (χ4n) is 4.76. The maximum Gasteiger partial charge on any atom is 0.248 e. The molecule has 5 rings (SSSR count). The Balaban J connectivity index is 1.55. The molecule has 2 aliphatic rings. The number of carbonyl (C=O) groups excluding carboxylic acids is 2. The lowest BCUT2D eigenvalue weighted by Crippen LogP contribution is -2.37. The molecule has 0 unspecified atom stereocenters. The highest BCUT2D eigenvalue weighted by Gasteiger charge is 2.61. The Kier molecular flexibility index (Phi) is 4.29. The van der Waals surface area contributed by atoms with Gasteiger partial charge in [-0.2, -0.15) is 10.4 Å². The van der Waals surface area contributed by atoms with Crippen molar-refractivity contribution in [2.45, 2.75) is 26.7 Å². The summed E-state index contributed by atoms with van der Waals surface area (Å²) in [6.45, 7) is 3.97. The molecule has 8 heteroatoms. The van der Waals surface area contributed by atoms with Crippen LogP contribution in [0.25, 0.3) is 16.6 Å². The van der Waals surface area contributed by atoms with Crippen molar-refractivity contribution in [1.82, 2.24) is 14.6 Å². The van der Waals surface area contributed by atoms with E-state index in [9.17, 15) is 14.9 Å². The number of amides is 2. The molecule has 0 aromatic carbocycles. The van der Waals surface area contributed by atoms with Gasteiger partial charge in [0, 0.05) is 49.1 Å². The molecule has 3 aromatic rings. The van der Waals surface area contributed by atoms with E-state index in [1.54, 1.807) is 28.0 Å². The van der Waals surface area contributed by atoms with Crippen LogP contribution in [-0.2, 0) is 9.59 Å². The van der Waals surface area contributed by atoms with Crippen LogP contribution in [0.5, 0.6) is 0 Å². The first-order valence-corrected chi connectivity index (χ1v) is 10.4. The molecular formula is C23H22N6O2. The van der Waals surface area contributed by atoms with Crippen molar-refractivity contribution >= 4 is 28.7 Å². The molecule has 31 heavy (non-hydrogen) atoms. The number of hydrogen-bond donors (Lipinski definition) is 1. The van der Waals surface area contributed by atoms with Crippen LogP contribution < -0.4 is 10.2 Å². The first-order chi connectivity index (χ1) is 14.9. The summed E-state index contributed by atoms with van der Waals surface area (Å²) >= 11 is 0. The third kappa shape index (κ3) is 2.96. The van der Waals surface area contributed by atoms with Crippen molar-refractivity contribution in [2.24, 2.45) is 17.3 Å². The Morgan fingerprint density at radius 1 is 1.29 bits per heavy atom. The number of pyridine rings is 1. The van der Waals surface area contributed by atoms with Crippen LogP contribution in [0.15, 0.2) is 43.0 Å². The molecular weight excluding hydrogens is 392 g/mol. The van der Waals surface area contributed by atoms with Crippen molar-refractivity contribution < 1.29 is 9.59 Å². The van der Waals surface area contributed by atoms with Crippen LogP contribution in [0.4, 0.5) is 11.4 Å². The molecule has 8 nitrogen and oxygen atoms in total. The van der Waals surface area contributed by atoms with Gasteiger partial charge >= 0.3 is 0 Å². The standard InChI is InChI=1S/C23H22N6O2/c1-14-11-28(22(31)23(14,13-24)18-3-4-18)20-5-6-26-29-12-17(8-21(20)29)16-7-19(10-25-9-16)27-15(2)30/h5-10,12,14,18H,3-4,11H2,1-2H3,(H,27,30)/t14-,23+/m1/s1. The summed E-state index contributed by atoms with van der Waals surface area (Å²) in [7, 11) is 0. The highest BCUT2D eigenvalue weighted by molar-refractivity contribution is 6.05. The van der Waals surface area contributed by atoms with Gasteiger partial charge in [-0.1, -0.05) is 6.92 Å². The second-order valence-corrected chi connectivity index (χ2v) is 8.49. The molecule has 2 atom stereocenters. The lowest BCUT2D eigenvalue weighted by molar-refractivity contribution is -0.124. The van der Waals surface area contributed by atoms with E-state index in [-0.39, 0.29) is 23.7 Å². The first-order valence-electron chi connectivity index (χ1n) is 10.4. The Labute approximate surface area is 179 Å². The number of nitrogens with one attached hydrogen (secondary N) is 1. The minimum Gasteiger partial charge on any atom is -0.325 e. The molecule has 1 saturated carbocycles. The van der Waals surface area contributed by atoms with Crippen LogP contribution in [-0.4, -0.2) is 33.0 Å². The molecule has 1 saturated heterocycles. The Morgan fingerprint density at radius 3 is 2.81 bits per heavy atom. The predicted octanol–water partition coefficient (Wildman–Crippen LogP) is 3.26. The molecule has 4 heterocycles. The Hall–Kier alpha value is -3.73. The van der Waals surface area contributed by atoms with Gasteiger partial charge in [0.2, 0.25) is 11.8 Å². The summed E-state index contributed by atoms with van der Waals surface area (Å²) < 4.78 is 1.73. The third-order valence-electron chi connectivity index (χ3n) is 6.41. The van der Waals surface area contributed by atoms with Gasteiger partial charge in [-0.25, -0.2) is 4.52 Å². The van der Waals surface area contributed by atoms with Gasteiger partial charge in [0.1, 0.15) is 5.41 Å². The maximum absolute atomic E-state index is 13.4. The van der Waals surface area contributed by atoms with Crippen LogP contribution in [0, 0.1) is 28.6 Å². The van der Waals surface area contributed by atoms with Gasteiger partial charge in [0.05, 0.1) is 29.2 Å². The highest BCUT2D eigenvalue weighted by Crippen LogP contribution is 2.54. The van der Waals surface area contributed by atoms with Crippen molar-refractivity contribution in [2.75, 3.05) is 16.8 Å². The number of rotatable bonds is 4. The van der Waals surface area contributed by atoms with E-state index in [1.165, 1.54) is 6.92 Å². The van der Waals surface area contributed by atoms with E-state index in [0.717, 1.165) is 35.2 Å². The molecule has 2 amide bonds. The topological polar surface area (TPSA) is 103 Å². The van der Waals surface area contributed by atoms with E-state index in [2.05, 4.69) is 21.5 Å². The average molecular weight is 414 g/mol. The largest absolute Gasteiger partial charge is 0.325 e. The number of hydrogen-bond acceptors (Lipinski definition) is 5. The molecule has 0 spiro atoms. The van der Waals surface area contributed by atoms with Crippen molar-refractivity contribution in [3.63, 3.8) is 0 Å². The lowest BCUT2D eigenvalue weighted by atomic mass is 9.75. The summed E-state index contributed by atoms with van der Waals surface area (Å²) in [5.41, 5.74) is 2.92. The minimum absolute atomic E-state index is 0.0290. The molecule has 1 aliphatic carbocycles. The van der Waals surface area contributed by atoms with E-state index in [1.807, 2.05) is 31.3 Å². The SMILES string of the molecule is CC(=O)Nc1cncc(-c2cc3c(N4C[C@@H](C)[C@@](C#N)(C5CC5)C4=O)ccnn3c2)c1. The lowest BCUT2D eigenvalue weighted by Gasteiger charge is -2.23. The van der Waals surface area contributed by atoms with E-state index in [0.29, 0.717) is 12.2 Å². The smallest absolute Gasteiger partial charge is 0.248 e. The zero-order valence-electron chi connectivity index (χ0n) is 17.4. The summed E-state index contributed by atoms with van der Waals surface area (Å²) in [6, 6.07) is 8.02. The minimum atomic E-state index is -0.924. The first kappa shape index (κ1) is 19.2. The zero-order chi connectivity index (χ0) is 21.8. The number of aromatic nitrogens is 3. The van der Waals surface area contributed by atoms with Crippen LogP contribution in [0.3, 0.4) is 0 Å². The number of carbonyl (C=O) groups is 2. The monoisotopic (exact) mass is 414 g/mol. The number of nitriles is 1. The van der Waals surface area contributed by atoms with Crippen LogP contribution >= 0.6 is 0 Å². The number of nitrogens with zero attached hydrogens (tertiary/aromatic N) is 5. The number of anilines is 2. The van der Waals surface area contributed by atoms with Gasteiger partial charge in [0.25, 0.3) is 0 Å². The second kappa shape index (κ2) is 6.91. The molecule has 156 valence electrons. The highest BCUT2D eigenvalue weighted by atomic mass is 16.2. The van der Waals surface area contributed by atoms with Gasteiger partial charge in [-0.3, -0.25) is 14.6 Å². The molecule has 0 bridgehead atoms. The van der Waals surface area contributed by atoms with E-state index in [4.69, 9.17) is 0 Å². The van der Waals surface area contributed by atoms with Crippen LogP contribution in [0.2, 0.25) is 0 Å². The van der Waals surface area contributed by atoms with Gasteiger partial charge in [-0.15, -0.1) is 0 Å². The average Bonchev–Trinajstić information content (AvgIpc) is 3.44. The van der Waals surface area contributed by atoms with Crippen molar-refractivity contribution in [1.29, 1.82) is 5.26 Å². The molecule has 2 fully saturated rings. The molecule has 0 radical (unpaired) electrons. The normalized spacial score (nSPS) is 23.2. The summed E-state index contributed by atoms with van der Waals surface area (Å²) in [4.78, 5) is 30.8. The number of fused-ring (bicyclic) bond motifs is 1.